The number of rotatable bonds is 4. The van der Waals surface area contributed by atoms with Gasteiger partial charge in [-0.1, -0.05) is 11.6 Å². The molecule has 0 spiro atoms. The lowest BCUT2D eigenvalue weighted by atomic mass is 10.1. The third-order valence-corrected chi connectivity index (χ3v) is 5.02. The number of anilines is 1. The summed E-state index contributed by atoms with van der Waals surface area (Å²) in [6, 6.07) is 8.63. The van der Waals surface area contributed by atoms with Crippen molar-refractivity contribution in [3.05, 3.63) is 63.9 Å². The van der Waals surface area contributed by atoms with Gasteiger partial charge in [0.15, 0.2) is 5.65 Å². The third-order valence-electron chi connectivity index (χ3n) is 4.78. The van der Waals surface area contributed by atoms with Crippen molar-refractivity contribution in [2.45, 2.75) is 25.3 Å². The molecular weight excluding hydrogens is 380 g/mol. The van der Waals surface area contributed by atoms with Crippen LogP contribution in [0.2, 0.25) is 5.02 Å². The van der Waals surface area contributed by atoms with Gasteiger partial charge in [0.2, 0.25) is 5.91 Å². The van der Waals surface area contributed by atoms with E-state index in [9.17, 15) is 9.59 Å². The lowest BCUT2D eigenvalue weighted by Crippen LogP contribution is -2.30. The highest BCUT2D eigenvalue weighted by atomic mass is 35.5. The SMILES string of the molecule is O=C(Cn1nc(C2CC2)c2cc(Cl)ccc2c1=O)Nc1ccc2nncn2c1. The lowest BCUT2D eigenvalue weighted by Gasteiger charge is -2.11. The van der Waals surface area contributed by atoms with Crippen LogP contribution in [0, 0.1) is 0 Å². The van der Waals surface area contributed by atoms with Crippen LogP contribution in [0.1, 0.15) is 24.5 Å². The number of hydrogen-bond donors (Lipinski definition) is 1. The monoisotopic (exact) mass is 394 g/mol. The summed E-state index contributed by atoms with van der Waals surface area (Å²) in [5.74, 6) is -0.0240. The topological polar surface area (TPSA) is 94.2 Å². The predicted molar refractivity (Wildman–Crippen MR) is 105 cm³/mol. The Morgan fingerprint density at radius 2 is 2.07 bits per heavy atom. The molecule has 1 aromatic carbocycles. The Hall–Kier alpha value is -3.26. The first kappa shape index (κ1) is 16.9. The number of nitrogens with one attached hydrogen (secondary N) is 1. The van der Waals surface area contributed by atoms with Gasteiger partial charge in [0.25, 0.3) is 5.56 Å². The number of nitrogens with zero attached hydrogens (tertiary/aromatic N) is 5. The first-order valence-electron chi connectivity index (χ1n) is 8.88. The fraction of sp³-hybridized carbons (Fsp3) is 0.211. The van der Waals surface area contributed by atoms with E-state index in [-0.39, 0.29) is 18.0 Å². The Labute approximate surface area is 163 Å². The number of carbonyl (C=O) groups is 1. The molecule has 0 atom stereocenters. The number of hydrogen-bond acceptors (Lipinski definition) is 5. The van der Waals surface area contributed by atoms with Crippen molar-refractivity contribution in [1.29, 1.82) is 0 Å². The quantitative estimate of drug-likeness (QED) is 0.574. The van der Waals surface area contributed by atoms with Crippen molar-refractivity contribution >= 4 is 39.6 Å². The van der Waals surface area contributed by atoms with E-state index >= 15 is 0 Å². The van der Waals surface area contributed by atoms with E-state index in [2.05, 4.69) is 20.6 Å². The zero-order chi connectivity index (χ0) is 19.3. The molecular formula is C19H15ClN6O2. The van der Waals surface area contributed by atoms with Crippen LogP contribution in [0.15, 0.2) is 47.7 Å². The van der Waals surface area contributed by atoms with Gasteiger partial charge < -0.3 is 5.32 Å². The van der Waals surface area contributed by atoms with Gasteiger partial charge in [0.1, 0.15) is 12.9 Å². The highest BCUT2D eigenvalue weighted by Gasteiger charge is 2.29. The first-order chi connectivity index (χ1) is 13.6. The van der Waals surface area contributed by atoms with Gasteiger partial charge in [0.05, 0.1) is 16.8 Å². The lowest BCUT2D eigenvalue weighted by molar-refractivity contribution is -0.117. The van der Waals surface area contributed by atoms with Crippen LogP contribution in [0.4, 0.5) is 5.69 Å². The van der Waals surface area contributed by atoms with Crippen LogP contribution >= 0.6 is 11.6 Å². The molecule has 9 heteroatoms. The van der Waals surface area contributed by atoms with Crippen LogP contribution < -0.4 is 10.9 Å². The molecule has 1 N–H and O–H groups in total. The molecule has 1 aliphatic carbocycles. The van der Waals surface area contributed by atoms with Gasteiger partial charge >= 0.3 is 0 Å². The van der Waals surface area contributed by atoms with Crippen molar-refractivity contribution < 1.29 is 4.79 Å². The zero-order valence-corrected chi connectivity index (χ0v) is 15.4. The summed E-state index contributed by atoms with van der Waals surface area (Å²) in [6.07, 6.45) is 5.31. The fourth-order valence-corrected chi connectivity index (χ4v) is 3.46. The van der Waals surface area contributed by atoms with Crippen LogP contribution in [-0.2, 0) is 11.3 Å². The second-order valence-electron chi connectivity index (χ2n) is 6.87. The van der Waals surface area contributed by atoms with Gasteiger partial charge in [-0.2, -0.15) is 5.10 Å². The van der Waals surface area contributed by atoms with Crippen LogP contribution in [-0.4, -0.2) is 30.3 Å². The second kappa shape index (κ2) is 6.42. The molecule has 0 bridgehead atoms. The Balaban J connectivity index is 1.47. The number of halogens is 1. The Morgan fingerprint density at radius 1 is 1.21 bits per heavy atom. The largest absolute Gasteiger partial charge is 0.323 e. The zero-order valence-electron chi connectivity index (χ0n) is 14.7. The normalized spacial score (nSPS) is 13.9. The van der Waals surface area contributed by atoms with Crippen molar-refractivity contribution in [3.8, 4) is 0 Å². The van der Waals surface area contributed by atoms with Gasteiger partial charge in [-0.15, -0.1) is 10.2 Å². The molecule has 1 fully saturated rings. The van der Waals surface area contributed by atoms with Gasteiger partial charge in [-0.05, 0) is 43.2 Å². The molecule has 140 valence electrons. The van der Waals surface area contributed by atoms with Gasteiger partial charge in [-0.25, -0.2) is 4.68 Å². The van der Waals surface area contributed by atoms with Gasteiger partial charge in [0, 0.05) is 22.5 Å². The molecule has 8 nitrogen and oxygen atoms in total. The smallest absolute Gasteiger partial charge is 0.275 e. The van der Waals surface area contributed by atoms with E-state index in [0.29, 0.717) is 27.7 Å². The number of amides is 1. The van der Waals surface area contributed by atoms with E-state index in [1.807, 2.05) is 0 Å². The number of fused-ring (bicyclic) bond motifs is 2. The molecule has 0 unspecified atom stereocenters. The van der Waals surface area contributed by atoms with E-state index in [4.69, 9.17) is 11.6 Å². The average Bonchev–Trinajstić information content (AvgIpc) is 3.41. The highest BCUT2D eigenvalue weighted by Crippen LogP contribution is 2.41. The molecule has 3 aromatic heterocycles. The minimum Gasteiger partial charge on any atom is -0.323 e. The summed E-state index contributed by atoms with van der Waals surface area (Å²) in [5, 5.41) is 16.9. The number of benzene rings is 1. The van der Waals surface area contributed by atoms with Crippen LogP contribution in [0.25, 0.3) is 16.4 Å². The molecule has 0 aliphatic heterocycles. The molecule has 4 aromatic rings. The minimum absolute atomic E-state index is 0.169. The van der Waals surface area contributed by atoms with E-state index < -0.39 is 0 Å². The summed E-state index contributed by atoms with van der Waals surface area (Å²) >= 11 is 6.10. The number of aromatic nitrogens is 5. The van der Waals surface area contributed by atoms with Crippen LogP contribution in [0.5, 0.6) is 0 Å². The average molecular weight is 395 g/mol. The maximum absolute atomic E-state index is 12.8. The molecule has 28 heavy (non-hydrogen) atoms. The van der Waals surface area contributed by atoms with Crippen molar-refractivity contribution in [2.24, 2.45) is 0 Å². The van der Waals surface area contributed by atoms with E-state index in [0.717, 1.165) is 23.9 Å². The minimum atomic E-state index is -0.336. The second-order valence-corrected chi connectivity index (χ2v) is 7.31. The Kier molecular flexibility index (Phi) is 3.87. The summed E-state index contributed by atoms with van der Waals surface area (Å²) < 4.78 is 2.93. The molecule has 0 saturated heterocycles. The number of carbonyl (C=O) groups excluding carboxylic acids is 1. The van der Waals surface area contributed by atoms with Crippen LogP contribution in [0.3, 0.4) is 0 Å². The van der Waals surface area contributed by atoms with Crippen molar-refractivity contribution in [2.75, 3.05) is 5.32 Å². The molecule has 0 radical (unpaired) electrons. The molecule has 3 heterocycles. The highest BCUT2D eigenvalue weighted by molar-refractivity contribution is 6.31. The molecule has 5 rings (SSSR count). The summed E-state index contributed by atoms with van der Waals surface area (Å²) in [6.45, 7) is -0.169. The maximum atomic E-state index is 12.8. The third kappa shape index (κ3) is 3.01. The first-order valence-corrected chi connectivity index (χ1v) is 9.26. The summed E-state index contributed by atoms with van der Waals surface area (Å²) in [4.78, 5) is 25.3. The summed E-state index contributed by atoms with van der Waals surface area (Å²) in [7, 11) is 0. The molecule has 1 amide bonds. The number of pyridine rings is 1. The predicted octanol–water partition coefficient (Wildman–Crippen LogP) is 2.61. The van der Waals surface area contributed by atoms with E-state index in [1.165, 1.54) is 4.68 Å². The fourth-order valence-electron chi connectivity index (χ4n) is 3.29. The van der Waals surface area contributed by atoms with Crippen molar-refractivity contribution in [1.82, 2.24) is 24.4 Å². The van der Waals surface area contributed by atoms with E-state index in [1.54, 1.807) is 47.3 Å². The Morgan fingerprint density at radius 3 is 2.89 bits per heavy atom. The standard InChI is InChI=1S/C19H15ClN6O2/c20-12-3-5-14-15(7-12)18(11-1-2-11)24-26(19(14)28)9-17(27)22-13-4-6-16-23-21-10-25(16)8-13/h3-8,10-11H,1-2,9H2,(H,22,27). The maximum Gasteiger partial charge on any atom is 0.275 e. The summed E-state index contributed by atoms with van der Waals surface area (Å²) in [5.41, 5.74) is 1.79. The molecule has 1 aliphatic rings. The van der Waals surface area contributed by atoms with Crippen molar-refractivity contribution in [3.63, 3.8) is 0 Å². The Bertz CT molecular complexity index is 1290. The molecule has 1 saturated carbocycles. The van der Waals surface area contributed by atoms with Gasteiger partial charge in [-0.3, -0.25) is 14.0 Å².